The predicted octanol–water partition coefficient (Wildman–Crippen LogP) is 5.20. The predicted molar refractivity (Wildman–Crippen MR) is 262 cm³/mol. The number of aryl methyl sites for hydroxylation is 1. The van der Waals surface area contributed by atoms with Gasteiger partial charge in [0, 0.05) is 37.2 Å². The van der Waals surface area contributed by atoms with E-state index in [4.69, 9.17) is 37.7 Å². The fourth-order valence-corrected chi connectivity index (χ4v) is 9.30. The maximum absolute atomic E-state index is 14.2. The van der Waals surface area contributed by atoms with Crippen LogP contribution in [0.4, 0.5) is 0 Å². The van der Waals surface area contributed by atoms with Gasteiger partial charge in [-0.2, -0.15) is 0 Å². The van der Waals surface area contributed by atoms with Gasteiger partial charge in [0.2, 0.25) is 11.8 Å². The van der Waals surface area contributed by atoms with E-state index < -0.39 is 31.2 Å². The number of β-amino-alcohol motifs (C(OH)–C–C–N with tert-alkyl or cyclic N) is 1. The number of aromatic nitrogens is 1. The Bertz CT molecular complexity index is 2330. The molecule has 2 N–H and O–H groups in total. The van der Waals surface area contributed by atoms with E-state index in [0.29, 0.717) is 77.3 Å². The summed E-state index contributed by atoms with van der Waals surface area (Å²) in [6.07, 6.45) is -0.786. The van der Waals surface area contributed by atoms with Crippen molar-refractivity contribution in [2.75, 3.05) is 72.6 Å². The van der Waals surface area contributed by atoms with Crippen molar-refractivity contribution in [2.45, 2.75) is 97.4 Å². The number of rotatable bonds is 25. The highest BCUT2D eigenvalue weighted by molar-refractivity contribution is 7.13. The molecule has 18 heteroatoms. The van der Waals surface area contributed by atoms with Crippen molar-refractivity contribution >= 4 is 41.6 Å². The van der Waals surface area contributed by atoms with Crippen molar-refractivity contribution in [3.63, 3.8) is 0 Å². The van der Waals surface area contributed by atoms with E-state index in [1.165, 1.54) is 16.2 Å². The van der Waals surface area contributed by atoms with E-state index in [2.05, 4.69) is 10.3 Å². The van der Waals surface area contributed by atoms with E-state index in [1.54, 1.807) is 16.5 Å². The van der Waals surface area contributed by atoms with E-state index in [1.807, 2.05) is 109 Å². The van der Waals surface area contributed by atoms with Crippen molar-refractivity contribution in [2.24, 2.45) is 5.92 Å². The number of fused-ring (bicyclic) bond motifs is 1. The van der Waals surface area contributed by atoms with Gasteiger partial charge < -0.3 is 58.0 Å². The summed E-state index contributed by atoms with van der Waals surface area (Å²) < 4.78 is 47.0. The smallest absolute Gasteiger partial charge is 0.491 e. The summed E-state index contributed by atoms with van der Waals surface area (Å²) in [5.74, 6) is 0.138. The summed E-state index contributed by atoms with van der Waals surface area (Å²) >= 11 is 1.53. The van der Waals surface area contributed by atoms with E-state index in [0.717, 1.165) is 38.5 Å². The fourth-order valence-electron chi connectivity index (χ4n) is 8.50. The van der Waals surface area contributed by atoms with Crippen molar-refractivity contribution in [3.8, 4) is 21.9 Å². The van der Waals surface area contributed by atoms with Crippen LogP contribution in [0, 0.1) is 12.8 Å². The van der Waals surface area contributed by atoms with Gasteiger partial charge in [-0.15, -0.1) is 11.3 Å². The molecule has 3 aromatic carbocycles. The molecule has 0 unspecified atom stereocenters. The average molecular weight is 971 g/mol. The Balaban J connectivity index is 0.786. The summed E-state index contributed by atoms with van der Waals surface area (Å²) in [6.45, 7) is 18.2. The lowest BCUT2D eigenvalue weighted by atomic mass is 9.79. The molecule has 1 aromatic heterocycles. The highest BCUT2D eigenvalue weighted by Crippen LogP contribution is 2.37. The molecule has 16 nitrogen and oxygen atoms in total. The third-order valence-corrected chi connectivity index (χ3v) is 13.9. The molecule has 0 aliphatic carbocycles. The number of likely N-dealkylation sites (tertiary alicyclic amines) is 1. The molecule has 0 radical (unpaired) electrons. The number of benzene rings is 3. The zero-order valence-corrected chi connectivity index (χ0v) is 41.7. The third kappa shape index (κ3) is 13.1. The number of carbonyl (C=O) groups is 3. The summed E-state index contributed by atoms with van der Waals surface area (Å²) in [5.41, 5.74) is 5.97. The van der Waals surface area contributed by atoms with Gasteiger partial charge in [-0.1, -0.05) is 56.3 Å². The molecular formula is C51H67BN4O12S. The number of amides is 3. The van der Waals surface area contributed by atoms with Crippen LogP contribution in [0.2, 0.25) is 0 Å². The second-order valence-corrected chi connectivity index (χ2v) is 19.6. The van der Waals surface area contributed by atoms with Crippen LogP contribution in [0.1, 0.15) is 75.1 Å². The maximum Gasteiger partial charge on any atom is 0.494 e. The number of nitrogens with one attached hydrogen (secondary N) is 1. The van der Waals surface area contributed by atoms with Gasteiger partial charge in [0.15, 0.2) is 0 Å². The number of hydrogen-bond acceptors (Lipinski definition) is 14. The summed E-state index contributed by atoms with van der Waals surface area (Å²) in [7, 11) is -0.408. The van der Waals surface area contributed by atoms with Crippen molar-refractivity contribution in [1.29, 1.82) is 0 Å². The molecule has 4 aromatic rings. The first-order valence-corrected chi connectivity index (χ1v) is 24.7. The first-order chi connectivity index (χ1) is 33.1. The van der Waals surface area contributed by atoms with Crippen molar-refractivity contribution in [1.82, 2.24) is 20.1 Å². The van der Waals surface area contributed by atoms with Gasteiger partial charge in [0.1, 0.15) is 36.8 Å². The fraction of sp³-hybridized carbons (Fsp3) is 0.529. The lowest BCUT2D eigenvalue weighted by Crippen LogP contribution is -2.55. The Morgan fingerprint density at radius 1 is 0.855 bits per heavy atom. The van der Waals surface area contributed by atoms with Crippen LogP contribution in [0.15, 0.2) is 72.2 Å². The van der Waals surface area contributed by atoms with Gasteiger partial charge in [-0.05, 0) is 81.4 Å². The maximum atomic E-state index is 14.2. The SMILES string of the molecule is Cc1ncsc1-c1ccc(CNC(=O)[C@@H]2C[C@@H](O)CN2C(=O)[C@H](C(C)C)N2Cc3ccccc3C2=O)c(OCCOCCOCCOCCOCCOc2ccc(B3OC(C)(C)C(C)(C)O3)cc2)c1. The quantitative estimate of drug-likeness (QED) is 0.0656. The van der Waals surface area contributed by atoms with Crippen molar-refractivity contribution < 1.29 is 57.2 Å². The molecule has 0 saturated carbocycles. The first-order valence-electron chi connectivity index (χ1n) is 23.8. The lowest BCUT2D eigenvalue weighted by molar-refractivity contribution is -0.143. The minimum Gasteiger partial charge on any atom is -0.491 e. The third-order valence-electron chi connectivity index (χ3n) is 13.0. The highest BCUT2D eigenvalue weighted by Gasteiger charge is 2.52. The van der Waals surface area contributed by atoms with Gasteiger partial charge in [0.05, 0.1) is 86.2 Å². The second kappa shape index (κ2) is 23.8. The topological polar surface area (TPSA) is 177 Å². The molecular weight excluding hydrogens is 903 g/mol. The molecule has 69 heavy (non-hydrogen) atoms. The Morgan fingerprint density at radius 2 is 1.46 bits per heavy atom. The molecule has 0 bridgehead atoms. The molecule has 3 amide bonds. The van der Waals surface area contributed by atoms with E-state index >= 15 is 0 Å². The lowest BCUT2D eigenvalue weighted by Gasteiger charge is -2.35. The number of thiazole rings is 1. The van der Waals surface area contributed by atoms with Crippen LogP contribution >= 0.6 is 11.3 Å². The second-order valence-electron chi connectivity index (χ2n) is 18.8. The van der Waals surface area contributed by atoms with E-state index in [-0.39, 0.29) is 55.1 Å². The molecule has 7 rings (SSSR count). The zero-order chi connectivity index (χ0) is 49.1. The van der Waals surface area contributed by atoms with E-state index in [9.17, 15) is 19.5 Å². The molecule has 4 heterocycles. The standard InChI is InChI=1S/C51H67BN4O12S/c1-34(2)45(56-31-38-10-8-9-11-42(38)48(56)59)49(60)55-32-40(57)29-43(55)47(58)53-30-37-13-12-36(46-35(3)54-33-69-46)28-44(37)66-27-25-64-23-21-62-19-18-61-20-22-63-24-26-65-41-16-14-39(15-17-41)52-67-50(4,5)51(6,7)68-52/h8-17,28,33-34,40,43,45,57H,18-27,29-32H2,1-7H3,(H,53,58)/t40-,43+,45+/m1/s1. The van der Waals surface area contributed by atoms with Crippen LogP contribution in [0.3, 0.4) is 0 Å². The Morgan fingerprint density at radius 3 is 2.06 bits per heavy atom. The largest absolute Gasteiger partial charge is 0.494 e. The van der Waals surface area contributed by atoms with Crippen LogP contribution in [0.5, 0.6) is 11.5 Å². The van der Waals surface area contributed by atoms with Gasteiger partial charge in [-0.3, -0.25) is 14.4 Å². The number of hydrogen-bond donors (Lipinski definition) is 2. The Kier molecular flexibility index (Phi) is 17.9. The Hall–Kier alpha value is -4.92. The van der Waals surface area contributed by atoms with Crippen LogP contribution in [-0.2, 0) is 50.9 Å². The van der Waals surface area contributed by atoms with Gasteiger partial charge in [-0.25, -0.2) is 4.98 Å². The molecule has 372 valence electrons. The Labute approximate surface area is 410 Å². The highest BCUT2D eigenvalue weighted by atomic mass is 32.1. The van der Waals surface area contributed by atoms with Gasteiger partial charge >= 0.3 is 7.12 Å². The zero-order valence-electron chi connectivity index (χ0n) is 40.9. The molecule has 3 aliphatic heterocycles. The van der Waals surface area contributed by atoms with Gasteiger partial charge in [0.25, 0.3) is 5.91 Å². The molecule has 2 fully saturated rings. The summed E-state index contributed by atoms with van der Waals surface area (Å²) in [4.78, 5) is 49.9. The molecule has 2 saturated heterocycles. The first kappa shape index (κ1) is 51.9. The number of carbonyl (C=O) groups excluding carboxylic acids is 3. The average Bonchev–Trinajstić information content (AvgIpc) is 4.08. The van der Waals surface area contributed by atoms with Crippen LogP contribution in [0.25, 0.3) is 10.4 Å². The monoisotopic (exact) mass is 970 g/mol. The minimum atomic E-state index is -0.906. The van der Waals surface area contributed by atoms with Crippen LogP contribution < -0.4 is 20.3 Å². The minimum absolute atomic E-state index is 0.00203. The summed E-state index contributed by atoms with van der Waals surface area (Å²) in [5, 5.41) is 13.7. The molecule has 3 atom stereocenters. The summed E-state index contributed by atoms with van der Waals surface area (Å²) in [6, 6.07) is 19.2. The molecule has 0 spiro atoms. The number of aliphatic hydroxyl groups is 1. The normalized spacial score (nSPS) is 18.8. The van der Waals surface area contributed by atoms with Crippen LogP contribution in [-0.4, -0.2) is 147 Å². The number of nitrogens with zero attached hydrogens (tertiary/aromatic N) is 3. The molecule has 3 aliphatic rings. The number of aliphatic hydroxyl groups excluding tert-OH is 1. The van der Waals surface area contributed by atoms with Crippen molar-refractivity contribution in [3.05, 3.63) is 94.6 Å². The number of ether oxygens (including phenoxy) is 6.